The highest BCUT2D eigenvalue weighted by Gasteiger charge is 2.39. The minimum atomic E-state index is -0.0394. The molecule has 2 nitrogen and oxygen atoms in total. The third-order valence-electron chi connectivity index (χ3n) is 2.21. The van der Waals surface area contributed by atoms with Gasteiger partial charge < -0.3 is 10.5 Å². The second-order valence-corrected chi connectivity index (χ2v) is 4.52. The normalized spacial score (nSPS) is 17.0. The second-order valence-electron chi connectivity index (χ2n) is 3.61. The minimum absolute atomic E-state index is 0. The lowest BCUT2D eigenvalue weighted by molar-refractivity contribution is 0.279. The third-order valence-corrected chi connectivity index (χ3v) is 2.71. The van der Waals surface area contributed by atoms with Gasteiger partial charge in [0, 0.05) is 4.47 Å². The summed E-state index contributed by atoms with van der Waals surface area (Å²) in [6, 6.07) is 7.82. The van der Waals surface area contributed by atoms with Gasteiger partial charge in [-0.05, 0) is 31.0 Å². The van der Waals surface area contributed by atoms with Crippen LogP contribution < -0.4 is 10.5 Å². The minimum Gasteiger partial charge on any atom is -0.492 e. The van der Waals surface area contributed by atoms with E-state index in [1.165, 1.54) is 0 Å². The summed E-state index contributed by atoms with van der Waals surface area (Å²) in [5, 5.41) is 0. The molecule has 1 saturated carbocycles. The van der Waals surface area contributed by atoms with Gasteiger partial charge in [-0.2, -0.15) is 0 Å². The standard InChI is InChI=1S/C10H12BrNO.ClH/c11-8-2-1-3-9(6-8)13-7-10(12)4-5-10;/h1-3,6H,4-5,7,12H2;1H. The van der Waals surface area contributed by atoms with E-state index in [0.29, 0.717) is 6.61 Å². The predicted octanol–water partition coefficient (Wildman–Crippen LogP) is 2.74. The third kappa shape index (κ3) is 3.15. The molecule has 78 valence electrons. The fourth-order valence-corrected chi connectivity index (χ4v) is 1.47. The molecule has 1 aromatic carbocycles. The van der Waals surface area contributed by atoms with Crippen LogP contribution in [-0.4, -0.2) is 12.1 Å². The number of hydrogen-bond donors (Lipinski definition) is 1. The highest BCUT2D eigenvalue weighted by atomic mass is 79.9. The van der Waals surface area contributed by atoms with Gasteiger partial charge in [0.05, 0.1) is 5.54 Å². The van der Waals surface area contributed by atoms with Crippen molar-refractivity contribution in [1.29, 1.82) is 0 Å². The van der Waals surface area contributed by atoms with E-state index in [9.17, 15) is 0 Å². The van der Waals surface area contributed by atoms with Crippen molar-refractivity contribution in [1.82, 2.24) is 0 Å². The zero-order valence-corrected chi connectivity index (χ0v) is 10.1. The molecule has 1 fully saturated rings. The van der Waals surface area contributed by atoms with Crippen LogP contribution in [0.2, 0.25) is 0 Å². The van der Waals surface area contributed by atoms with Gasteiger partial charge in [0.25, 0.3) is 0 Å². The molecule has 0 spiro atoms. The first-order chi connectivity index (χ1) is 6.18. The fraction of sp³-hybridized carbons (Fsp3) is 0.400. The summed E-state index contributed by atoms with van der Waals surface area (Å²) in [6.45, 7) is 0.628. The van der Waals surface area contributed by atoms with Crippen LogP contribution in [-0.2, 0) is 0 Å². The maximum Gasteiger partial charge on any atom is 0.120 e. The van der Waals surface area contributed by atoms with Crippen LogP contribution >= 0.6 is 28.3 Å². The Morgan fingerprint density at radius 1 is 1.43 bits per heavy atom. The van der Waals surface area contributed by atoms with Gasteiger partial charge in [-0.15, -0.1) is 12.4 Å². The van der Waals surface area contributed by atoms with Crippen molar-refractivity contribution in [3.8, 4) is 5.75 Å². The van der Waals surface area contributed by atoms with Crippen LogP contribution in [0, 0.1) is 0 Å². The second kappa shape index (κ2) is 4.51. The van der Waals surface area contributed by atoms with E-state index in [-0.39, 0.29) is 17.9 Å². The molecule has 1 aliphatic rings. The van der Waals surface area contributed by atoms with Crippen molar-refractivity contribution in [3.63, 3.8) is 0 Å². The number of hydrogen-bond acceptors (Lipinski definition) is 2. The number of ether oxygens (including phenoxy) is 1. The largest absolute Gasteiger partial charge is 0.492 e. The summed E-state index contributed by atoms with van der Waals surface area (Å²) in [6.07, 6.45) is 2.17. The van der Waals surface area contributed by atoms with Crippen molar-refractivity contribution in [3.05, 3.63) is 28.7 Å². The molecule has 1 aromatic rings. The van der Waals surface area contributed by atoms with Gasteiger partial charge in [0.2, 0.25) is 0 Å². The lowest BCUT2D eigenvalue weighted by atomic mass is 10.3. The molecule has 0 aromatic heterocycles. The summed E-state index contributed by atoms with van der Waals surface area (Å²) in [5.41, 5.74) is 5.86. The Hall–Kier alpha value is -0.250. The zero-order valence-electron chi connectivity index (χ0n) is 7.70. The smallest absolute Gasteiger partial charge is 0.120 e. The molecule has 2 N–H and O–H groups in total. The number of benzene rings is 1. The summed E-state index contributed by atoms with van der Waals surface area (Å²) >= 11 is 3.39. The molecule has 0 unspecified atom stereocenters. The van der Waals surface area contributed by atoms with Crippen molar-refractivity contribution < 1.29 is 4.74 Å². The zero-order chi connectivity index (χ0) is 9.31. The average Bonchev–Trinajstić information content (AvgIpc) is 2.82. The first-order valence-electron chi connectivity index (χ1n) is 4.35. The van der Waals surface area contributed by atoms with Crippen molar-refractivity contribution >= 4 is 28.3 Å². The molecule has 0 bridgehead atoms. The molecule has 0 amide bonds. The SMILES string of the molecule is Cl.NC1(COc2cccc(Br)c2)CC1. The molecule has 0 aliphatic heterocycles. The molecular formula is C10H13BrClNO. The Morgan fingerprint density at radius 3 is 2.71 bits per heavy atom. The van der Waals surface area contributed by atoms with E-state index in [1.54, 1.807) is 0 Å². The molecular weight excluding hydrogens is 265 g/mol. The Balaban J connectivity index is 0.000000980. The lowest BCUT2D eigenvalue weighted by Crippen LogP contribution is -2.29. The topological polar surface area (TPSA) is 35.2 Å². The molecule has 0 atom stereocenters. The van der Waals surface area contributed by atoms with E-state index in [2.05, 4.69) is 15.9 Å². The lowest BCUT2D eigenvalue weighted by Gasteiger charge is -2.10. The number of nitrogens with two attached hydrogens (primary N) is 1. The fourth-order valence-electron chi connectivity index (χ4n) is 1.09. The van der Waals surface area contributed by atoms with Crippen molar-refractivity contribution in [2.45, 2.75) is 18.4 Å². The molecule has 1 aliphatic carbocycles. The quantitative estimate of drug-likeness (QED) is 0.923. The van der Waals surface area contributed by atoms with Gasteiger partial charge in [-0.3, -0.25) is 0 Å². The van der Waals surface area contributed by atoms with E-state index < -0.39 is 0 Å². The van der Waals surface area contributed by atoms with Crippen LogP contribution in [0.4, 0.5) is 0 Å². The molecule has 0 radical (unpaired) electrons. The molecule has 0 heterocycles. The van der Waals surface area contributed by atoms with Crippen molar-refractivity contribution in [2.75, 3.05) is 6.61 Å². The number of rotatable bonds is 3. The van der Waals surface area contributed by atoms with Crippen LogP contribution in [0.5, 0.6) is 5.75 Å². The van der Waals surface area contributed by atoms with Crippen LogP contribution in [0.25, 0.3) is 0 Å². The highest BCUT2D eigenvalue weighted by molar-refractivity contribution is 9.10. The van der Waals surface area contributed by atoms with Gasteiger partial charge in [-0.1, -0.05) is 22.0 Å². The Labute approximate surface area is 98.4 Å². The summed E-state index contributed by atoms with van der Waals surface area (Å²) in [4.78, 5) is 0. The Bertz CT molecular complexity index is 315. The average molecular weight is 279 g/mol. The first-order valence-corrected chi connectivity index (χ1v) is 5.15. The van der Waals surface area contributed by atoms with Gasteiger partial charge in [0.1, 0.15) is 12.4 Å². The monoisotopic (exact) mass is 277 g/mol. The Morgan fingerprint density at radius 2 is 2.14 bits per heavy atom. The van der Waals surface area contributed by atoms with Crippen LogP contribution in [0.15, 0.2) is 28.7 Å². The van der Waals surface area contributed by atoms with E-state index in [0.717, 1.165) is 23.1 Å². The van der Waals surface area contributed by atoms with E-state index in [4.69, 9.17) is 10.5 Å². The van der Waals surface area contributed by atoms with Gasteiger partial charge in [0.15, 0.2) is 0 Å². The summed E-state index contributed by atoms with van der Waals surface area (Å²) in [5.74, 6) is 0.881. The van der Waals surface area contributed by atoms with Gasteiger partial charge in [-0.25, -0.2) is 0 Å². The van der Waals surface area contributed by atoms with E-state index >= 15 is 0 Å². The van der Waals surface area contributed by atoms with Crippen LogP contribution in [0.3, 0.4) is 0 Å². The summed E-state index contributed by atoms with van der Waals surface area (Å²) < 4.78 is 6.59. The van der Waals surface area contributed by atoms with E-state index in [1.807, 2.05) is 24.3 Å². The summed E-state index contributed by atoms with van der Waals surface area (Å²) in [7, 11) is 0. The number of halogens is 2. The van der Waals surface area contributed by atoms with Crippen LogP contribution in [0.1, 0.15) is 12.8 Å². The highest BCUT2D eigenvalue weighted by Crippen LogP contribution is 2.32. The Kier molecular flexibility index (Phi) is 3.81. The molecule has 2 rings (SSSR count). The molecule has 0 saturated heterocycles. The maximum atomic E-state index is 5.90. The molecule has 14 heavy (non-hydrogen) atoms. The maximum absolute atomic E-state index is 5.90. The first kappa shape index (κ1) is 11.8. The van der Waals surface area contributed by atoms with Gasteiger partial charge >= 0.3 is 0 Å². The molecule has 4 heteroatoms. The predicted molar refractivity (Wildman–Crippen MR) is 63.0 cm³/mol. The van der Waals surface area contributed by atoms with Crippen molar-refractivity contribution in [2.24, 2.45) is 5.73 Å².